The lowest BCUT2D eigenvalue weighted by molar-refractivity contribution is 0.295. The molecule has 0 radical (unpaired) electrons. The van der Waals surface area contributed by atoms with Crippen LogP contribution in [0.3, 0.4) is 0 Å². The summed E-state index contributed by atoms with van der Waals surface area (Å²) < 4.78 is 23.8. The number of benzene rings is 1. The van der Waals surface area contributed by atoms with Crippen LogP contribution in [0.15, 0.2) is 36.4 Å². The molecule has 1 heterocycles. The largest absolute Gasteiger partial charge is 0.487 e. The highest BCUT2D eigenvalue weighted by Gasteiger charge is 2.05. The Morgan fingerprint density at radius 1 is 1.26 bits per heavy atom. The van der Waals surface area contributed by atoms with Gasteiger partial charge in [0.2, 0.25) is 5.88 Å². The van der Waals surface area contributed by atoms with Gasteiger partial charge in [0.15, 0.2) is 0 Å². The Hall–Kier alpha value is -1.62. The highest BCUT2D eigenvalue weighted by molar-refractivity contribution is 9.08. The summed E-state index contributed by atoms with van der Waals surface area (Å²) in [7, 11) is 1.57. The van der Waals surface area contributed by atoms with Crippen LogP contribution in [0.25, 0.3) is 0 Å². The average molecular weight is 326 g/mol. The van der Waals surface area contributed by atoms with Crippen LogP contribution in [0, 0.1) is 5.82 Å². The van der Waals surface area contributed by atoms with Crippen LogP contribution in [-0.4, -0.2) is 12.1 Å². The van der Waals surface area contributed by atoms with Gasteiger partial charge in [-0.3, -0.25) is 0 Å². The van der Waals surface area contributed by atoms with Gasteiger partial charge in [0.25, 0.3) is 0 Å². The molecule has 0 saturated heterocycles. The van der Waals surface area contributed by atoms with Gasteiger partial charge in [0.05, 0.1) is 12.8 Å². The molecule has 3 nitrogen and oxygen atoms in total. The number of ether oxygens (including phenoxy) is 2. The fraction of sp³-hybridized carbons (Fsp3) is 0.214. The van der Waals surface area contributed by atoms with Crippen LogP contribution in [0.2, 0.25) is 0 Å². The molecule has 100 valence electrons. The minimum absolute atomic E-state index is 0.277. The molecule has 0 spiro atoms. The molecule has 0 aliphatic heterocycles. The van der Waals surface area contributed by atoms with Gasteiger partial charge < -0.3 is 9.47 Å². The summed E-state index contributed by atoms with van der Waals surface area (Å²) in [6.07, 6.45) is 0. The summed E-state index contributed by atoms with van der Waals surface area (Å²) >= 11 is 3.31. The highest BCUT2D eigenvalue weighted by Crippen LogP contribution is 2.23. The number of aromatic nitrogens is 1. The van der Waals surface area contributed by atoms with E-state index in [9.17, 15) is 4.39 Å². The Balaban J connectivity index is 2.09. The number of halogens is 2. The number of alkyl halides is 1. The number of pyridine rings is 1. The van der Waals surface area contributed by atoms with Crippen LogP contribution in [0.5, 0.6) is 11.6 Å². The van der Waals surface area contributed by atoms with Crippen LogP contribution >= 0.6 is 15.9 Å². The minimum atomic E-state index is -0.277. The van der Waals surface area contributed by atoms with Gasteiger partial charge in [0.1, 0.15) is 18.2 Å². The van der Waals surface area contributed by atoms with Crippen molar-refractivity contribution in [3.05, 3.63) is 53.5 Å². The molecule has 0 aliphatic rings. The second-order valence-electron chi connectivity index (χ2n) is 3.85. The van der Waals surface area contributed by atoms with E-state index >= 15 is 0 Å². The monoisotopic (exact) mass is 325 g/mol. The predicted octanol–water partition coefficient (Wildman–Crippen LogP) is 3.70. The minimum Gasteiger partial charge on any atom is -0.487 e. The summed E-state index contributed by atoms with van der Waals surface area (Å²) in [5, 5.41) is 0.533. The third kappa shape index (κ3) is 3.67. The molecule has 0 unspecified atom stereocenters. The summed E-state index contributed by atoms with van der Waals surface area (Å²) in [5.74, 6) is 0.908. The van der Waals surface area contributed by atoms with Crippen LogP contribution in [0.1, 0.15) is 11.3 Å². The zero-order valence-corrected chi connectivity index (χ0v) is 12.0. The van der Waals surface area contributed by atoms with E-state index in [1.165, 1.54) is 12.1 Å². The van der Waals surface area contributed by atoms with E-state index in [2.05, 4.69) is 20.9 Å². The van der Waals surface area contributed by atoms with Gasteiger partial charge >= 0.3 is 0 Å². The zero-order chi connectivity index (χ0) is 13.7. The van der Waals surface area contributed by atoms with Crippen molar-refractivity contribution in [1.82, 2.24) is 4.98 Å². The Morgan fingerprint density at radius 2 is 2.11 bits per heavy atom. The van der Waals surface area contributed by atoms with Gasteiger partial charge in [-0.05, 0) is 24.3 Å². The molecular weight excluding hydrogens is 313 g/mol. The molecular formula is C14H13BrFNO2. The predicted molar refractivity (Wildman–Crippen MR) is 74.2 cm³/mol. The first-order chi connectivity index (χ1) is 9.22. The van der Waals surface area contributed by atoms with Crippen LogP contribution < -0.4 is 9.47 Å². The van der Waals surface area contributed by atoms with Gasteiger partial charge in [0, 0.05) is 17.0 Å². The van der Waals surface area contributed by atoms with E-state index < -0.39 is 0 Å². The quantitative estimate of drug-likeness (QED) is 0.785. The van der Waals surface area contributed by atoms with Crippen molar-refractivity contribution >= 4 is 15.9 Å². The summed E-state index contributed by atoms with van der Waals surface area (Å²) in [5.41, 5.74) is 1.52. The molecule has 0 bridgehead atoms. The molecule has 1 aromatic carbocycles. The van der Waals surface area contributed by atoms with Crippen molar-refractivity contribution < 1.29 is 13.9 Å². The van der Waals surface area contributed by atoms with E-state index in [4.69, 9.17) is 9.47 Å². The lowest BCUT2D eigenvalue weighted by Crippen LogP contribution is -2.01. The third-order valence-corrected chi connectivity index (χ3v) is 3.14. The van der Waals surface area contributed by atoms with Crippen LogP contribution in [0.4, 0.5) is 4.39 Å². The van der Waals surface area contributed by atoms with Gasteiger partial charge in [-0.2, -0.15) is 0 Å². The SMILES string of the molecule is COc1cccc(COc2ccc(F)cc2CBr)n1. The molecule has 0 fully saturated rings. The lowest BCUT2D eigenvalue weighted by atomic mass is 10.2. The zero-order valence-electron chi connectivity index (χ0n) is 10.4. The molecule has 1 aromatic heterocycles. The first kappa shape index (κ1) is 13.8. The van der Waals surface area contributed by atoms with Gasteiger partial charge in [-0.1, -0.05) is 22.0 Å². The third-order valence-electron chi connectivity index (χ3n) is 2.53. The van der Waals surface area contributed by atoms with Crippen LogP contribution in [-0.2, 0) is 11.9 Å². The molecule has 0 N–H and O–H groups in total. The maximum Gasteiger partial charge on any atom is 0.213 e. The highest BCUT2D eigenvalue weighted by atomic mass is 79.9. The lowest BCUT2D eigenvalue weighted by Gasteiger charge is -2.10. The van der Waals surface area contributed by atoms with Crippen molar-refractivity contribution in [2.75, 3.05) is 7.11 Å². The van der Waals surface area contributed by atoms with E-state index in [0.717, 1.165) is 11.3 Å². The Morgan fingerprint density at radius 3 is 2.84 bits per heavy atom. The topological polar surface area (TPSA) is 31.4 Å². The number of rotatable bonds is 5. The molecule has 2 rings (SSSR count). The fourth-order valence-electron chi connectivity index (χ4n) is 1.60. The average Bonchev–Trinajstić information content (AvgIpc) is 2.46. The first-order valence-corrected chi connectivity index (χ1v) is 6.82. The summed E-state index contributed by atoms with van der Waals surface area (Å²) in [6.45, 7) is 0.308. The molecule has 0 atom stereocenters. The molecule has 0 saturated carbocycles. The van der Waals surface area contributed by atoms with Gasteiger partial charge in [-0.15, -0.1) is 0 Å². The number of methoxy groups -OCH3 is 1. The second kappa shape index (κ2) is 6.52. The van der Waals surface area contributed by atoms with E-state index in [0.29, 0.717) is 23.6 Å². The van der Waals surface area contributed by atoms with Crippen molar-refractivity contribution in [3.63, 3.8) is 0 Å². The number of hydrogen-bond acceptors (Lipinski definition) is 3. The van der Waals surface area contributed by atoms with Crippen molar-refractivity contribution in [3.8, 4) is 11.6 Å². The molecule has 0 aliphatic carbocycles. The first-order valence-electron chi connectivity index (χ1n) is 5.70. The molecule has 5 heteroatoms. The summed E-state index contributed by atoms with van der Waals surface area (Å²) in [4.78, 5) is 4.25. The smallest absolute Gasteiger partial charge is 0.213 e. The van der Waals surface area contributed by atoms with Crippen molar-refractivity contribution in [2.45, 2.75) is 11.9 Å². The summed E-state index contributed by atoms with van der Waals surface area (Å²) in [6, 6.07) is 9.90. The molecule has 2 aromatic rings. The van der Waals surface area contributed by atoms with Crippen molar-refractivity contribution in [2.24, 2.45) is 0 Å². The Kier molecular flexibility index (Phi) is 4.74. The normalized spacial score (nSPS) is 10.3. The number of nitrogens with zero attached hydrogens (tertiary/aromatic N) is 1. The second-order valence-corrected chi connectivity index (χ2v) is 4.41. The maximum absolute atomic E-state index is 13.1. The molecule has 0 amide bonds. The Labute approximate surface area is 119 Å². The standard InChI is InChI=1S/C14H13BrFNO2/c1-18-14-4-2-3-12(17-14)9-19-13-6-5-11(16)7-10(13)8-15/h2-7H,8-9H2,1H3. The molecule has 19 heavy (non-hydrogen) atoms. The fourth-order valence-corrected chi connectivity index (χ4v) is 2.03. The Bertz CT molecular complexity index is 563. The van der Waals surface area contributed by atoms with Gasteiger partial charge in [-0.25, -0.2) is 9.37 Å². The van der Waals surface area contributed by atoms with E-state index in [-0.39, 0.29) is 5.82 Å². The van der Waals surface area contributed by atoms with E-state index in [1.54, 1.807) is 19.2 Å². The van der Waals surface area contributed by atoms with Crippen molar-refractivity contribution in [1.29, 1.82) is 0 Å². The maximum atomic E-state index is 13.1. The number of hydrogen-bond donors (Lipinski definition) is 0. The van der Waals surface area contributed by atoms with E-state index in [1.807, 2.05) is 12.1 Å².